The molecule has 0 radical (unpaired) electrons. The first kappa shape index (κ1) is 17.2. The van der Waals surface area contributed by atoms with Crippen LogP contribution in [0.1, 0.15) is 39.0 Å². The molecular weight excluding hydrogens is 275 g/mol. The van der Waals surface area contributed by atoms with Crippen molar-refractivity contribution in [2.24, 2.45) is 0 Å². The van der Waals surface area contributed by atoms with E-state index in [0.29, 0.717) is 19.3 Å². The van der Waals surface area contributed by atoms with Crippen LogP contribution in [-0.2, 0) is 14.3 Å². The number of carbonyl (C=O) groups excluding carboxylic acids is 1. The summed E-state index contributed by atoms with van der Waals surface area (Å²) in [6, 6.07) is -0.419. The molecule has 1 saturated carbocycles. The Balaban J connectivity index is 2.42. The fraction of sp³-hybridized carbons (Fsp3) is 0.923. The van der Waals surface area contributed by atoms with E-state index in [1.807, 2.05) is 6.92 Å². The number of rotatable bonds is 6. The van der Waals surface area contributed by atoms with E-state index in [4.69, 9.17) is 4.74 Å². The highest BCUT2D eigenvalue weighted by Gasteiger charge is 2.32. The van der Waals surface area contributed by atoms with Gasteiger partial charge in [0.25, 0.3) is 0 Å². The summed E-state index contributed by atoms with van der Waals surface area (Å²) in [5.74, 6) is -0.342. The maximum Gasteiger partial charge on any atom is 0.411 e. The van der Waals surface area contributed by atoms with Crippen LogP contribution in [0.2, 0.25) is 0 Å². The lowest BCUT2D eigenvalue weighted by molar-refractivity contribution is -0.188. The fourth-order valence-corrected chi connectivity index (χ4v) is 2.44. The molecule has 7 heteroatoms. The minimum atomic E-state index is -4.29. The van der Waals surface area contributed by atoms with Crippen molar-refractivity contribution in [3.63, 3.8) is 0 Å². The summed E-state index contributed by atoms with van der Waals surface area (Å²) in [4.78, 5) is 11.5. The Bertz CT molecular complexity index is 310. The van der Waals surface area contributed by atoms with Gasteiger partial charge in [-0.1, -0.05) is 6.92 Å². The second-order valence-electron chi connectivity index (χ2n) is 5.06. The third kappa shape index (κ3) is 6.09. The van der Waals surface area contributed by atoms with E-state index in [1.54, 1.807) is 0 Å². The molecule has 0 spiro atoms. The number of halogens is 3. The zero-order valence-corrected chi connectivity index (χ0v) is 11.8. The number of nitrogens with one attached hydrogen (secondary N) is 1. The molecule has 118 valence electrons. The van der Waals surface area contributed by atoms with Gasteiger partial charge in [-0.2, -0.15) is 13.2 Å². The lowest BCUT2D eigenvalue weighted by atomic mass is 9.92. The SMILES string of the molecule is CCC(NC1CCCC(OCC(F)(F)F)C1)C(=O)OC. The van der Waals surface area contributed by atoms with Crippen LogP contribution >= 0.6 is 0 Å². The van der Waals surface area contributed by atoms with Crippen molar-refractivity contribution < 1.29 is 27.4 Å². The molecule has 0 aromatic carbocycles. The van der Waals surface area contributed by atoms with Gasteiger partial charge in [-0.15, -0.1) is 0 Å². The Morgan fingerprint density at radius 1 is 1.40 bits per heavy atom. The molecule has 0 saturated heterocycles. The molecule has 1 aliphatic carbocycles. The lowest BCUT2D eigenvalue weighted by Crippen LogP contribution is -2.46. The van der Waals surface area contributed by atoms with Gasteiger partial charge in [-0.25, -0.2) is 0 Å². The average Bonchev–Trinajstić information content (AvgIpc) is 2.41. The summed E-state index contributed by atoms with van der Waals surface area (Å²) in [5, 5.41) is 3.15. The summed E-state index contributed by atoms with van der Waals surface area (Å²) < 4.78 is 45.9. The standard InChI is InChI=1S/C13H22F3NO3/c1-3-11(12(18)19-2)17-9-5-4-6-10(7-9)20-8-13(14,15)16/h9-11,17H,3-8H2,1-2H3. The first-order chi connectivity index (χ1) is 9.35. The predicted molar refractivity (Wildman–Crippen MR) is 67.3 cm³/mol. The highest BCUT2D eigenvalue weighted by molar-refractivity contribution is 5.75. The van der Waals surface area contributed by atoms with Crippen molar-refractivity contribution >= 4 is 5.97 Å². The third-order valence-electron chi connectivity index (χ3n) is 3.44. The molecule has 0 aromatic rings. The van der Waals surface area contributed by atoms with Gasteiger partial charge in [0.1, 0.15) is 12.6 Å². The quantitative estimate of drug-likeness (QED) is 0.765. The summed E-state index contributed by atoms with van der Waals surface area (Å²) >= 11 is 0. The smallest absolute Gasteiger partial charge is 0.411 e. The van der Waals surface area contributed by atoms with Gasteiger partial charge in [0.05, 0.1) is 13.2 Å². The van der Waals surface area contributed by atoms with Crippen molar-refractivity contribution in [3.8, 4) is 0 Å². The van der Waals surface area contributed by atoms with Crippen LogP contribution in [0.25, 0.3) is 0 Å². The minimum absolute atomic E-state index is 0.00830. The van der Waals surface area contributed by atoms with Gasteiger partial charge in [0.15, 0.2) is 0 Å². The topological polar surface area (TPSA) is 47.6 Å². The summed E-state index contributed by atoms with van der Waals surface area (Å²) in [6.45, 7) is 0.646. The van der Waals surface area contributed by atoms with Crippen molar-refractivity contribution in [1.29, 1.82) is 0 Å². The normalized spacial score (nSPS) is 25.2. The van der Waals surface area contributed by atoms with E-state index in [2.05, 4.69) is 10.1 Å². The van der Waals surface area contributed by atoms with Crippen molar-refractivity contribution in [1.82, 2.24) is 5.32 Å². The Morgan fingerprint density at radius 3 is 2.65 bits per heavy atom. The number of hydrogen-bond donors (Lipinski definition) is 1. The number of alkyl halides is 3. The fourth-order valence-electron chi connectivity index (χ4n) is 2.44. The monoisotopic (exact) mass is 297 g/mol. The Morgan fingerprint density at radius 2 is 2.10 bits per heavy atom. The summed E-state index contributed by atoms with van der Waals surface area (Å²) in [6.07, 6.45) is -1.38. The van der Waals surface area contributed by atoms with Crippen LogP contribution in [0, 0.1) is 0 Å². The van der Waals surface area contributed by atoms with Crippen LogP contribution in [0.4, 0.5) is 13.2 Å². The van der Waals surface area contributed by atoms with Gasteiger partial charge in [-0.3, -0.25) is 4.79 Å². The Hall–Kier alpha value is -0.820. The molecule has 4 nitrogen and oxygen atoms in total. The largest absolute Gasteiger partial charge is 0.468 e. The molecule has 1 N–H and O–H groups in total. The molecular formula is C13H22F3NO3. The number of carbonyl (C=O) groups is 1. The van der Waals surface area contributed by atoms with Gasteiger partial charge >= 0.3 is 12.1 Å². The first-order valence-corrected chi connectivity index (χ1v) is 6.88. The molecule has 0 bridgehead atoms. The van der Waals surface area contributed by atoms with Crippen molar-refractivity contribution in [3.05, 3.63) is 0 Å². The van der Waals surface area contributed by atoms with Gasteiger partial charge < -0.3 is 14.8 Å². The molecule has 3 unspecified atom stereocenters. The van der Waals surface area contributed by atoms with Gasteiger partial charge in [0.2, 0.25) is 0 Å². The van der Waals surface area contributed by atoms with Gasteiger partial charge in [0, 0.05) is 6.04 Å². The maximum atomic E-state index is 12.1. The van der Waals surface area contributed by atoms with E-state index < -0.39 is 24.9 Å². The van der Waals surface area contributed by atoms with E-state index in [-0.39, 0.29) is 12.0 Å². The van der Waals surface area contributed by atoms with Crippen molar-refractivity contribution in [2.75, 3.05) is 13.7 Å². The van der Waals surface area contributed by atoms with E-state index >= 15 is 0 Å². The van der Waals surface area contributed by atoms with Crippen LogP contribution in [-0.4, -0.2) is 44.0 Å². The molecule has 20 heavy (non-hydrogen) atoms. The molecule has 1 aliphatic rings. The first-order valence-electron chi connectivity index (χ1n) is 6.88. The molecule has 1 rings (SSSR count). The number of ether oxygens (including phenoxy) is 2. The van der Waals surface area contributed by atoms with E-state index in [0.717, 1.165) is 12.8 Å². The number of methoxy groups -OCH3 is 1. The number of esters is 1. The van der Waals surface area contributed by atoms with Crippen LogP contribution in [0.5, 0.6) is 0 Å². The maximum absolute atomic E-state index is 12.1. The lowest BCUT2D eigenvalue weighted by Gasteiger charge is -2.32. The van der Waals surface area contributed by atoms with Gasteiger partial charge in [-0.05, 0) is 32.1 Å². The zero-order chi connectivity index (χ0) is 15.2. The van der Waals surface area contributed by atoms with Crippen LogP contribution in [0.15, 0.2) is 0 Å². The second-order valence-corrected chi connectivity index (χ2v) is 5.06. The van der Waals surface area contributed by atoms with E-state index in [1.165, 1.54) is 7.11 Å². The predicted octanol–water partition coefficient (Wildman–Crippen LogP) is 2.42. The third-order valence-corrected chi connectivity index (χ3v) is 3.44. The molecule has 1 fully saturated rings. The molecule has 3 atom stereocenters. The summed E-state index contributed by atoms with van der Waals surface area (Å²) in [5.41, 5.74) is 0. The molecule has 0 heterocycles. The highest BCUT2D eigenvalue weighted by atomic mass is 19.4. The molecule has 0 aromatic heterocycles. The second kappa shape index (κ2) is 7.83. The van der Waals surface area contributed by atoms with Crippen LogP contribution < -0.4 is 5.32 Å². The Kier molecular flexibility index (Phi) is 6.75. The summed E-state index contributed by atoms with van der Waals surface area (Å²) in [7, 11) is 1.32. The number of hydrogen-bond acceptors (Lipinski definition) is 4. The molecule has 0 amide bonds. The van der Waals surface area contributed by atoms with Crippen molar-refractivity contribution in [2.45, 2.75) is 63.4 Å². The molecule has 0 aliphatic heterocycles. The minimum Gasteiger partial charge on any atom is -0.468 e. The average molecular weight is 297 g/mol. The van der Waals surface area contributed by atoms with E-state index in [9.17, 15) is 18.0 Å². The zero-order valence-electron chi connectivity index (χ0n) is 11.8. The van der Waals surface area contributed by atoms with Crippen LogP contribution in [0.3, 0.4) is 0 Å². The Labute approximate surface area is 117 Å². The highest BCUT2D eigenvalue weighted by Crippen LogP contribution is 2.24.